The molecule has 0 N–H and O–H groups in total. The molecular formula is C25H51IO2. The molecule has 4 atom stereocenters. The lowest BCUT2D eigenvalue weighted by Gasteiger charge is -2.21. The Bertz CT molecular complexity index is 309. The van der Waals surface area contributed by atoms with Gasteiger partial charge in [-0.3, -0.25) is 0 Å². The van der Waals surface area contributed by atoms with Crippen molar-refractivity contribution in [3.8, 4) is 0 Å². The van der Waals surface area contributed by atoms with E-state index < -0.39 is 0 Å². The van der Waals surface area contributed by atoms with Crippen molar-refractivity contribution in [2.75, 3.05) is 20.0 Å². The summed E-state index contributed by atoms with van der Waals surface area (Å²) in [6, 6.07) is 0. The second-order valence-corrected chi connectivity index (χ2v) is 11.5. The SMILES string of the molecule is CCCCCCCCCCOCOCCCC(C)CC(C)CC(C)CC(C)I. The fraction of sp³-hybridized carbons (Fsp3) is 1.00. The molecule has 0 aromatic heterocycles. The fourth-order valence-corrected chi connectivity index (χ4v) is 5.16. The van der Waals surface area contributed by atoms with Crippen molar-refractivity contribution >= 4 is 22.6 Å². The lowest BCUT2D eigenvalue weighted by Crippen LogP contribution is -2.11. The minimum atomic E-state index is 0.479. The van der Waals surface area contributed by atoms with Gasteiger partial charge in [-0.25, -0.2) is 0 Å². The van der Waals surface area contributed by atoms with Crippen LogP contribution in [0.2, 0.25) is 0 Å². The van der Waals surface area contributed by atoms with Gasteiger partial charge in [0.1, 0.15) is 6.79 Å². The number of rotatable bonds is 21. The van der Waals surface area contributed by atoms with Crippen LogP contribution in [0, 0.1) is 17.8 Å². The number of halogens is 1. The summed E-state index contributed by atoms with van der Waals surface area (Å²) < 4.78 is 12.0. The molecule has 2 nitrogen and oxygen atoms in total. The zero-order valence-electron chi connectivity index (χ0n) is 19.8. The largest absolute Gasteiger partial charge is 0.355 e. The van der Waals surface area contributed by atoms with Crippen molar-refractivity contribution in [3.05, 3.63) is 0 Å². The zero-order valence-corrected chi connectivity index (χ0v) is 22.0. The highest BCUT2D eigenvalue weighted by Crippen LogP contribution is 2.25. The number of unbranched alkanes of at least 4 members (excludes halogenated alkanes) is 7. The Hall–Kier alpha value is 0.650. The highest BCUT2D eigenvalue weighted by Gasteiger charge is 2.13. The van der Waals surface area contributed by atoms with E-state index in [1.54, 1.807) is 0 Å². The monoisotopic (exact) mass is 510 g/mol. The summed E-state index contributed by atoms with van der Waals surface area (Å²) in [4.78, 5) is 0. The summed E-state index contributed by atoms with van der Waals surface area (Å²) in [6.45, 7) is 14.0. The summed E-state index contributed by atoms with van der Waals surface area (Å²) in [5, 5.41) is 0. The van der Waals surface area contributed by atoms with Gasteiger partial charge in [-0.1, -0.05) is 102 Å². The first-order valence-electron chi connectivity index (χ1n) is 12.2. The quantitative estimate of drug-likeness (QED) is 0.0665. The average molecular weight is 511 g/mol. The van der Waals surface area contributed by atoms with Crippen LogP contribution in [0.1, 0.15) is 118 Å². The van der Waals surface area contributed by atoms with Crippen LogP contribution in [0.3, 0.4) is 0 Å². The molecule has 170 valence electrons. The molecule has 0 saturated carbocycles. The van der Waals surface area contributed by atoms with Crippen molar-refractivity contribution in [2.45, 2.75) is 122 Å². The van der Waals surface area contributed by atoms with Gasteiger partial charge in [0.25, 0.3) is 0 Å². The van der Waals surface area contributed by atoms with Gasteiger partial charge in [-0.05, 0) is 56.3 Å². The molecule has 0 radical (unpaired) electrons. The minimum Gasteiger partial charge on any atom is -0.355 e. The van der Waals surface area contributed by atoms with Crippen molar-refractivity contribution in [1.29, 1.82) is 0 Å². The minimum absolute atomic E-state index is 0.479. The second-order valence-electron chi connectivity index (χ2n) is 9.35. The number of ether oxygens (including phenoxy) is 2. The maximum absolute atomic E-state index is 5.65. The van der Waals surface area contributed by atoms with Gasteiger partial charge >= 0.3 is 0 Å². The van der Waals surface area contributed by atoms with E-state index in [4.69, 9.17) is 9.47 Å². The maximum atomic E-state index is 5.65. The Morgan fingerprint density at radius 2 is 1.11 bits per heavy atom. The van der Waals surface area contributed by atoms with E-state index in [2.05, 4.69) is 57.2 Å². The molecule has 0 aromatic rings. The molecule has 0 aliphatic rings. The van der Waals surface area contributed by atoms with Crippen molar-refractivity contribution in [3.63, 3.8) is 0 Å². The maximum Gasteiger partial charge on any atom is 0.146 e. The highest BCUT2D eigenvalue weighted by molar-refractivity contribution is 14.1. The van der Waals surface area contributed by atoms with Gasteiger partial charge in [0, 0.05) is 17.1 Å². The summed E-state index contributed by atoms with van der Waals surface area (Å²) in [5.41, 5.74) is 0. The molecule has 0 amide bonds. The lowest BCUT2D eigenvalue weighted by molar-refractivity contribution is -0.0561. The first-order valence-corrected chi connectivity index (χ1v) is 13.5. The zero-order chi connectivity index (χ0) is 21.0. The first-order chi connectivity index (χ1) is 13.5. The molecule has 0 aromatic carbocycles. The predicted octanol–water partition coefficient (Wildman–Crippen LogP) is 8.80. The fourth-order valence-electron chi connectivity index (χ4n) is 4.29. The molecule has 0 heterocycles. The molecule has 0 aliphatic heterocycles. The number of alkyl halides is 1. The van der Waals surface area contributed by atoms with Crippen LogP contribution in [-0.4, -0.2) is 23.9 Å². The van der Waals surface area contributed by atoms with Crippen LogP contribution < -0.4 is 0 Å². The molecule has 4 unspecified atom stereocenters. The first kappa shape index (κ1) is 28.6. The van der Waals surface area contributed by atoms with Crippen LogP contribution in [0.4, 0.5) is 0 Å². The van der Waals surface area contributed by atoms with E-state index in [9.17, 15) is 0 Å². The van der Waals surface area contributed by atoms with Gasteiger partial charge in [-0.15, -0.1) is 0 Å². The third kappa shape index (κ3) is 21.4. The number of hydrogen-bond donors (Lipinski definition) is 0. The third-order valence-corrected chi connectivity index (χ3v) is 6.14. The summed E-state index contributed by atoms with van der Waals surface area (Å²) in [7, 11) is 0. The Labute approximate surface area is 191 Å². The summed E-state index contributed by atoms with van der Waals surface area (Å²) in [5.74, 6) is 2.51. The highest BCUT2D eigenvalue weighted by atomic mass is 127. The van der Waals surface area contributed by atoms with Gasteiger partial charge in [0.05, 0.1) is 0 Å². The van der Waals surface area contributed by atoms with Crippen LogP contribution in [0.25, 0.3) is 0 Å². The van der Waals surface area contributed by atoms with Gasteiger partial charge in [0.15, 0.2) is 0 Å². The Morgan fingerprint density at radius 1 is 0.607 bits per heavy atom. The molecule has 0 rings (SSSR count). The van der Waals surface area contributed by atoms with E-state index in [0.717, 1.165) is 41.3 Å². The smallest absolute Gasteiger partial charge is 0.146 e. The second kappa shape index (κ2) is 20.9. The van der Waals surface area contributed by atoms with Crippen LogP contribution >= 0.6 is 22.6 Å². The van der Waals surface area contributed by atoms with Crippen LogP contribution in [-0.2, 0) is 9.47 Å². The van der Waals surface area contributed by atoms with Crippen molar-refractivity contribution in [1.82, 2.24) is 0 Å². The van der Waals surface area contributed by atoms with Crippen molar-refractivity contribution < 1.29 is 9.47 Å². The average Bonchev–Trinajstić information content (AvgIpc) is 2.61. The van der Waals surface area contributed by atoms with E-state index in [-0.39, 0.29) is 0 Å². The Balaban J connectivity index is 3.35. The van der Waals surface area contributed by atoms with Crippen LogP contribution in [0.15, 0.2) is 0 Å². The Morgan fingerprint density at radius 3 is 1.71 bits per heavy atom. The molecular weight excluding hydrogens is 459 g/mol. The molecule has 0 saturated heterocycles. The van der Waals surface area contributed by atoms with Gasteiger partial charge in [0.2, 0.25) is 0 Å². The lowest BCUT2D eigenvalue weighted by atomic mass is 9.86. The van der Waals surface area contributed by atoms with E-state index in [1.807, 2.05) is 0 Å². The van der Waals surface area contributed by atoms with E-state index >= 15 is 0 Å². The third-order valence-electron chi connectivity index (χ3n) is 5.63. The molecule has 3 heteroatoms. The van der Waals surface area contributed by atoms with Crippen LogP contribution in [0.5, 0.6) is 0 Å². The predicted molar refractivity (Wildman–Crippen MR) is 133 cm³/mol. The molecule has 0 aliphatic carbocycles. The summed E-state index contributed by atoms with van der Waals surface area (Å²) >= 11 is 2.55. The van der Waals surface area contributed by atoms with Crippen molar-refractivity contribution in [2.24, 2.45) is 17.8 Å². The van der Waals surface area contributed by atoms with Gasteiger partial charge in [-0.2, -0.15) is 0 Å². The molecule has 0 fully saturated rings. The normalized spacial score (nSPS) is 16.1. The topological polar surface area (TPSA) is 18.5 Å². The number of hydrogen-bond acceptors (Lipinski definition) is 2. The standard InChI is InChI=1S/C25H51IO2/c1-6-7-8-9-10-11-12-13-16-27-21-28-17-14-15-22(2)18-23(3)19-24(4)20-25(5)26/h22-25H,6-21H2,1-5H3. The van der Waals surface area contributed by atoms with E-state index in [0.29, 0.717) is 6.79 Å². The summed E-state index contributed by atoms with van der Waals surface area (Å²) in [6.07, 6.45) is 17.3. The molecule has 28 heavy (non-hydrogen) atoms. The Kier molecular flexibility index (Phi) is 21.4. The molecule has 0 bridgehead atoms. The van der Waals surface area contributed by atoms with E-state index in [1.165, 1.54) is 77.0 Å². The van der Waals surface area contributed by atoms with Gasteiger partial charge < -0.3 is 9.47 Å². The molecule has 0 spiro atoms.